The van der Waals surface area contributed by atoms with E-state index in [1.807, 2.05) is 0 Å². The number of H-pyrrole nitrogens is 1. The van der Waals surface area contributed by atoms with Gasteiger partial charge >= 0.3 is 5.97 Å². The van der Waals surface area contributed by atoms with Crippen LogP contribution >= 0.6 is 11.3 Å². The zero-order chi connectivity index (χ0) is 17.1. The van der Waals surface area contributed by atoms with Gasteiger partial charge in [0.2, 0.25) is 0 Å². The first-order chi connectivity index (χ1) is 11.5. The Morgan fingerprint density at radius 2 is 2.21 bits per heavy atom. The summed E-state index contributed by atoms with van der Waals surface area (Å²) in [5.74, 6) is -2.10. The number of anilines is 1. The van der Waals surface area contributed by atoms with E-state index in [0.717, 1.165) is 5.56 Å². The molecule has 0 bridgehead atoms. The highest BCUT2D eigenvalue weighted by molar-refractivity contribution is 7.09. The van der Waals surface area contributed by atoms with Crippen molar-refractivity contribution < 1.29 is 19.1 Å². The molecule has 2 heterocycles. The van der Waals surface area contributed by atoms with Crippen molar-refractivity contribution in [2.24, 2.45) is 0 Å². The Morgan fingerprint density at radius 3 is 2.96 bits per heavy atom. The molecule has 9 heteroatoms. The number of benzene rings is 1. The molecule has 0 fully saturated rings. The molecule has 0 atom stereocenters. The zero-order valence-corrected chi connectivity index (χ0v) is 12.9. The number of carboxylic acids is 1. The topological polar surface area (TPSA) is 108 Å². The van der Waals surface area contributed by atoms with Crippen LogP contribution in [0.4, 0.5) is 10.1 Å². The van der Waals surface area contributed by atoms with E-state index in [2.05, 4.69) is 20.5 Å². The van der Waals surface area contributed by atoms with Crippen molar-refractivity contribution in [2.45, 2.75) is 6.42 Å². The third-order valence-corrected chi connectivity index (χ3v) is 3.98. The van der Waals surface area contributed by atoms with Gasteiger partial charge in [0.05, 0.1) is 16.9 Å². The average Bonchev–Trinajstić information content (AvgIpc) is 3.16. The Hall–Kier alpha value is -3.07. The summed E-state index contributed by atoms with van der Waals surface area (Å²) in [5.41, 5.74) is 0.758. The normalized spacial score (nSPS) is 10.5. The maximum Gasteiger partial charge on any atom is 0.356 e. The fraction of sp³-hybridized carbons (Fsp3) is 0.0667. The molecule has 0 aliphatic heterocycles. The second-order valence-corrected chi connectivity index (χ2v) is 5.79. The molecule has 2 aromatic heterocycles. The first-order valence-corrected chi connectivity index (χ1v) is 7.68. The summed E-state index contributed by atoms with van der Waals surface area (Å²) in [6.45, 7) is 0. The minimum Gasteiger partial charge on any atom is -0.476 e. The van der Waals surface area contributed by atoms with Crippen molar-refractivity contribution in [3.8, 4) is 0 Å². The zero-order valence-electron chi connectivity index (χ0n) is 12.1. The molecule has 0 aliphatic rings. The molecule has 0 radical (unpaired) electrons. The van der Waals surface area contributed by atoms with E-state index in [9.17, 15) is 14.0 Å². The summed E-state index contributed by atoms with van der Waals surface area (Å²) in [5, 5.41) is 19.5. The summed E-state index contributed by atoms with van der Waals surface area (Å²) < 4.78 is 13.2. The molecule has 3 N–H and O–H groups in total. The van der Waals surface area contributed by atoms with Crippen molar-refractivity contribution in [3.05, 3.63) is 63.6 Å². The van der Waals surface area contributed by atoms with Gasteiger partial charge in [-0.15, -0.1) is 11.3 Å². The van der Waals surface area contributed by atoms with Crippen LogP contribution in [0.3, 0.4) is 0 Å². The van der Waals surface area contributed by atoms with Gasteiger partial charge in [-0.25, -0.2) is 14.2 Å². The van der Waals surface area contributed by atoms with Crippen LogP contribution in [-0.4, -0.2) is 32.2 Å². The number of nitrogens with one attached hydrogen (secondary N) is 2. The van der Waals surface area contributed by atoms with Gasteiger partial charge in [0.1, 0.15) is 11.5 Å². The monoisotopic (exact) mass is 346 g/mol. The molecule has 0 spiro atoms. The Balaban J connectivity index is 1.72. The number of aromatic amines is 1. The first-order valence-electron chi connectivity index (χ1n) is 6.80. The summed E-state index contributed by atoms with van der Waals surface area (Å²) in [6.07, 6.45) is 1.61. The molecular formula is C15H11FN4O3S. The second-order valence-electron chi connectivity index (χ2n) is 4.85. The molecule has 0 saturated heterocycles. The van der Waals surface area contributed by atoms with Crippen LogP contribution in [0, 0.1) is 5.82 Å². The lowest BCUT2D eigenvalue weighted by atomic mass is 10.1. The molecule has 24 heavy (non-hydrogen) atoms. The van der Waals surface area contributed by atoms with Crippen LogP contribution in [0.15, 0.2) is 35.8 Å². The van der Waals surface area contributed by atoms with Crippen LogP contribution < -0.4 is 5.32 Å². The standard InChI is InChI=1S/C15H11FN4O3S/c16-9-3-1-2-8(4-9)5-12-18-11(7-24-12)14(21)19-10-6-17-20-13(10)15(22)23/h1-4,6-7H,5H2,(H,17,20)(H,19,21)(H,22,23). The fourth-order valence-corrected chi connectivity index (χ4v) is 2.86. The summed E-state index contributed by atoms with van der Waals surface area (Å²) in [4.78, 5) is 27.3. The number of carbonyl (C=O) groups is 2. The van der Waals surface area contributed by atoms with Crippen LogP contribution in [0.5, 0.6) is 0 Å². The van der Waals surface area contributed by atoms with Gasteiger partial charge in [0.15, 0.2) is 5.69 Å². The molecule has 0 unspecified atom stereocenters. The molecule has 1 aromatic carbocycles. The predicted octanol–water partition coefficient (Wildman–Crippen LogP) is 2.55. The Kier molecular flexibility index (Phi) is 4.34. The smallest absolute Gasteiger partial charge is 0.356 e. The molecule has 1 amide bonds. The summed E-state index contributed by atoms with van der Waals surface area (Å²) in [6, 6.07) is 6.15. The van der Waals surface area contributed by atoms with Gasteiger partial charge in [-0.05, 0) is 17.7 Å². The van der Waals surface area contributed by atoms with Crippen LogP contribution in [0.2, 0.25) is 0 Å². The Morgan fingerprint density at radius 1 is 1.38 bits per heavy atom. The summed E-state index contributed by atoms with van der Waals surface area (Å²) >= 11 is 1.27. The lowest BCUT2D eigenvalue weighted by Crippen LogP contribution is -2.14. The average molecular weight is 346 g/mol. The highest BCUT2D eigenvalue weighted by Gasteiger charge is 2.17. The number of carboxylic acid groups (broad SMARTS) is 1. The number of carbonyl (C=O) groups excluding carboxylic acids is 1. The first kappa shape index (κ1) is 15.8. The number of nitrogens with zero attached hydrogens (tertiary/aromatic N) is 2. The maximum atomic E-state index is 13.2. The molecule has 7 nitrogen and oxygen atoms in total. The quantitative estimate of drug-likeness (QED) is 0.658. The van der Waals surface area contributed by atoms with Crippen molar-refractivity contribution in [1.82, 2.24) is 15.2 Å². The number of halogens is 1. The number of aromatic nitrogens is 3. The highest BCUT2D eigenvalue weighted by Crippen LogP contribution is 2.18. The van der Waals surface area contributed by atoms with Gasteiger partial charge in [0, 0.05) is 11.8 Å². The number of thiazole rings is 1. The van der Waals surface area contributed by atoms with Crippen molar-refractivity contribution >= 4 is 28.9 Å². The number of aromatic carboxylic acids is 1. The molecule has 3 aromatic rings. The number of hydrogen-bond donors (Lipinski definition) is 3. The van der Waals surface area contributed by atoms with Gasteiger partial charge in [-0.1, -0.05) is 12.1 Å². The number of amides is 1. The number of rotatable bonds is 5. The van der Waals surface area contributed by atoms with Crippen molar-refractivity contribution in [2.75, 3.05) is 5.32 Å². The van der Waals surface area contributed by atoms with E-state index in [4.69, 9.17) is 5.11 Å². The summed E-state index contributed by atoms with van der Waals surface area (Å²) in [7, 11) is 0. The fourth-order valence-electron chi connectivity index (χ4n) is 2.05. The highest BCUT2D eigenvalue weighted by atomic mass is 32.1. The Labute approximate surface area is 139 Å². The predicted molar refractivity (Wildman–Crippen MR) is 84.8 cm³/mol. The van der Waals surface area contributed by atoms with Crippen LogP contribution in [-0.2, 0) is 6.42 Å². The number of hydrogen-bond acceptors (Lipinski definition) is 5. The Bertz CT molecular complexity index is 906. The molecule has 0 aliphatic carbocycles. The molecule has 3 rings (SSSR count). The van der Waals surface area contributed by atoms with Crippen molar-refractivity contribution in [1.29, 1.82) is 0 Å². The SMILES string of the molecule is O=C(Nc1cn[nH]c1C(=O)O)c1csc(Cc2cccc(F)c2)n1. The van der Waals surface area contributed by atoms with Gasteiger partial charge in [-0.2, -0.15) is 5.10 Å². The van der Waals surface area contributed by atoms with Gasteiger partial charge in [-0.3, -0.25) is 9.89 Å². The molecule has 122 valence electrons. The van der Waals surface area contributed by atoms with E-state index in [-0.39, 0.29) is 22.9 Å². The van der Waals surface area contributed by atoms with Crippen LogP contribution in [0.25, 0.3) is 0 Å². The van der Waals surface area contributed by atoms with Gasteiger partial charge in [0.25, 0.3) is 5.91 Å². The van der Waals surface area contributed by atoms with E-state index in [0.29, 0.717) is 11.4 Å². The largest absolute Gasteiger partial charge is 0.476 e. The second kappa shape index (κ2) is 6.59. The molecule has 0 saturated carbocycles. The van der Waals surface area contributed by atoms with E-state index >= 15 is 0 Å². The minimum atomic E-state index is -1.23. The third-order valence-electron chi connectivity index (χ3n) is 3.13. The van der Waals surface area contributed by atoms with Crippen LogP contribution in [0.1, 0.15) is 31.5 Å². The van der Waals surface area contributed by atoms with E-state index < -0.39 is 11.9 Å². The molecular weight excluding hydrogens is 335 g/mol. The lowest BCUT2D eigenvalue weighted by molar-refractivity contribution is 0.0691. The van der Waals surface area contributed by atoms with E-state index in [1.54, 1.807) is 17.5 Å². The maximum absolute atomic E-state index is 13.2. The lowest BCUT2D eigenvalue weighted by Gasteiger charge is -2.01. The van der Waals surface area contributed by atoms with Gasteiger partial charge < -0.3 is 10.4 Å². The minimum absolute atomic E-state index is 0.0622. The third kappa shape index (κ3) is 3.46. The van der Waals surface area contributed by atoms with E-state index in [1.165, 1.54) is 29.7 Å². The van der Waals surface area contributed by atoms with Crippen molar-refractivity contribution in [3.63, 3.8) is 0 Å².